The van der Waals surface area contributed by atoms with E-state index in [1.807, 2.05) is 28.9 Å². The van der Waals surface area contributed by atoms with Crippen molar-refractivity contribution in [2.45, 2.75) is 37.0 Å². The van der Waals surface area contributed by atoms with Crippen LogP contribution in [0, 0.1) is 0 Å². The number of anilines is 1. The summed E-state index contributed by atoms with van der Waals surface area (Å²) in [6.45, 7) is 4.09. The summed E-state index contributed by atoms with van der Waals surface area (Å²) in [5, 5.41) is 5.75. The van der Waals surface area contributed by atoms with Gasteiger partial charge in [-0.3, -0.25) is 19.4 Å². The summed E-state index contributed by atoms with van der Waals surface area (Å²) >= 11 is 1.48. The van der Waals surface area contributed by atoms with Gasteiger partial charge in [0.25, 0.3) is 5.56 Å². The molecule has 0 bridgehead atoms. The first-order valence-electron chi connectivity index (χ1n) is 9.27. The van der Waals surface area contributed by atoms with Crippen LogP contribution in [0.15, 0.2) is 41.7 Å². The lowest BCUT2D eigenvalue weighted by molar-refractivity contribution is -0.113. The molecule has 0 spiro atoms. The number of hydrogen-bond donors (Lipinski definition) is 2. The average molecular weight is 385 g/mol. The van der Waals surface area contributed by atoms with Crippen molar-refractivity contribution < 1.29 is 9.53 Å². The van der Waals surface area contributed by atoms with Crippen LogP contribution in [0.25, 0.3) is 0 Å². The fourth-order valence-corrected chi connectivity index (χ4v) is 4.96. The molecule has 0 unspecified atom stereocenters. The van der Waals surface area contributed by atoms with Gasteiger partial charge in [0.2, 0.25) is 5.91 Å². The zero-order chi connectivity index (χ0) is 18.8. The number of nitrogens with zero attached hydrogens (tertiary/aromatic N) is 1. The molecular formula is C20H23N3O3S. The topological polar surface area (TPSA) is 76.1 Å². The second kappa shape index (κ2) is 7.68. The average Bonchev–Trinajstić information content (AvgIpc) is 3.26. The molecule has 4 rings (SSSR count). The van der Waals surface area contributed by atoms with Gasteiger partial charge in [-0.1, -0.05) is 37.6 Å². The molecule has 1 aliphatic carbocycles. The molecule has 1 fully saturated rings. The highest BCUT2D eigenvalue weighted by atomic mass is 32.2. The van der Waals surface area contributed by atoms with Crippen molar-refractivity contribution >= 4 is 23.5 Å². The lowest BCUT2D eigenvalue weighted by atomic mass is 10.1. The predicted molar refractivity (Wildman–Crippen MR) is 108 cm³/mol. The van der Waals surface area contributed by atoms with Gasteiger partial charge in [0.05, 0.1) is 22.6 Å². The molecule has 1 saturated carbocycles. The van der Waals surface area contributed by atoms with Crippen molar-refractivity contribution in [3.63, 3.8) is 0 Å². The Morgan fingerprint density at radius 3 is 2.67 bits per heavy atom. The van der Waals surface area contributed by atoms with Gasteiger partial charge >= 0.3 is 0 Å². The van der Waals surface area contributed by atoms with E-state index >= 15 is 0 Å². The van der Waals surface area contributed by atoms with Crippen LogP contribution in [0.2, 0.25) is 0 Å². The Bertz CT molecular complexity index is 894. The number of thioether (sulfide) groups is 1. The number of fused-ring (bicyclic) bond motifs is 1. The van der Waals surface area contributed by atoms with E-state index in [0.29, 0.717) is 23.7 Å². The molecule has 142 valence electrons. The summed E-state index contributed by atoms with van der Waals surface area (Å²) in [5.41, 5.74) is 1.50. The summed E-state index contributed by atoms with van der Waals surface area (Å²) < 4.78 is 7.43. The van der Waals surface area contributed by atoms with Crippen LogP contribution in [0.4, 0.5) is 5.82 Å². The molecule has 1 aromatic carbocycles. The molecule has 2 aromatic rings. The lowest BCUT2D eigenvalue weighted by Crippen LogP contribution is -2.18. The van der Waals surface area contributed by atoms with Gasteiger partial charge in [-0.05, 0) is 30.5 Å². The molecule has 1 aromatic heterocycles. The van der Waals surface area contributed by atoms with Crippen LogP contribution in [0.5, 0.6) is 5.75 Å². The van der Waals surface area contributed by atoms with E-state index in [1.165, 1.54) is 11.8 Å². The van der Waals surface area contributed by atoms with E-state index < -0.39 is 0 Å². The van der Waals surface area contributed by atoms with Crippen LogP contribution in [-0.4, -0.2) is 28.0 Å². The summed E-state index contributed by atoms with van der Waals surface area (Å²) in [4.78, 5) is 25.1. The fourth-order valence-electron chi connectivity index (χ4n) is 3.84. The van der Waals surface area contributed by atoms with E-state index in [2.05, 4.69) is 17.0 Å². The molecule has 1 amide bonds. The number of ether oxygens (including phenoxy) is 1. The lowest BCUT2D eigenvalue weighted by Gasteiger charge is -2.17. The van der Waals surface area contributed by atoms with Crippen LogP contribution in [0.1, 0.15) is 48.1 Å². The molecule has 2 heterocycles. The largest absolute Gasteiger partial charge is 0.490 e. The number of amides is 1. The van der Waals surface area contributed by atoms with E-state index in [-0.39, 0.29) is 22.8 Å². The molecule has 27 heavy (non-hydrogen) atoms. The number of H-pyrrole nitrogens is 1. The van der Waals surface area contributed by atoms with E-state index in [9.17, 15) is 9.59 Å². The van der Waals surface area contributed by atoms with Crippen molar-refractivity contribution in [1.82, 2.24) is 9.78 Å². The zero-order valence-electron chi connectivity index (χ0n) is 15.1. The van der Waals surface area contributed by atoms with Crippen molar-refractivity contribution in [2.75, 3.05) is 17.7 Å². The van der Waals surface area contributed by atoms with E-state index in [4.69, 9.17) is 4.74 Å². The highest BCUT2D eigenvalue weighted by molar-refractivity contribution is 8.00. The molecule has 2 aliphatic rings. The first kappa shape index (κ1) is 18.0. The van der Waals surface area contributed by atoms with Crippen LogP contribution < -0.4 is 15.6 Å². The van der Waals surface area contributed by atoms with Crippen molar-refractivity contribution in [3.8, 4) is 5.75 Å². The van der Waals surface area contributed by atoms with Gasteiger partial charge in [-0.15, -0.1) is 11.8 Å². The van der Waals surface area contributed by atoms with E-state index in [1.54, 1.807) is 6.08 Å². The number of rotatable bonds is 5. The predicted octanol–water partition coefficient (Wildman–Crippen LogP) is 3.63. The first-order chi connectivity index (χ1) is 13.2. The minimum Gasteiger partial charge on any atom is -0.490 e. The monoisotopic (exact) mass is 385 g/mol. The van der Waals surface area contributed by atoms with Gasteiger partial charge in [-0.25, -0.2) is 0 Å². The highest BCUT2D eigenvalue weighted by Crippen LogP contribution is 2.42. The fraction of sp³-hybridized carbons (Fsp3) is 0.400. The number of nitrogens with one attached hydrogen (secondary N) is 2. The normalized spacial score (nSPS) is 20.0. The maximum absolute atomic E-state index is 12.8. The maximum Gasteiger partial charge on any atom is 0.270 e. The Kier molecular flexibility index (Phi) is 5.11. The number of aromatic amines is 1. The van der Waals surface area contributed by atoms with Gasteiger partial charge in [0.1, 0.15) is 18.2 Å². The Hall–Kier alpha value is -2.41. The SMILES string of the molecule is C=CCOc1ccc([C@H]2SCC(=O)Nc3c2c(=O)[nH]n3C2CCCC2)cc1. The van der Waals surface area contributed by atoms with Crippen molar-refractivity contribution in [2.24, 2.45) is 0 Å². The molecule has 2 N–H and O–H groups in total. The molecule has 0 radical (unpaired) electrons. The number of carbonyl (C=O) groups is 1. The first-order valence-corrected chi connectivity index (χ1v) is 10.3. The smallest absolute Gasteiger partial charge is 0.270 e. The summed E-state index contributed by atoms with van der Waals surface area (Å²) in [5.74, 6) is 1.64. The molecule has 1 atom stereocenters. The minimum absolute atomic E-state index is 0.0690. The third-order valence-electron chi connectivity index (χ3n) is 5.10. The Labute approximate surface area is 162 Å². The number of benzene rings is 1. The second-order valence-electron chi connectivity index (χ2n) is 6.92. The maximum atomic E-state index is 12.8. The Morgan fingerprint density at radius 2 is 1.96 bits per heavy atom. The number of aromatic nitrogens is 2. The van der Waals surface area contributed by atoms with Crippen molar-refractivity contribution in [3.05, 3.63) is 58.4 Å². The van der Waals surface area contributed by atoms with Gasteiger partial charge < -0.3 is 10.1 Å². The molecular weight excluding hydrogens is 362 g/mol. The zero-order valence-corrected chi connectivity index (χ0v) is 15.9. The molecule has 6 nitrogen and oxygen atoms in total. The Balaban J connectivity index is 1.72. The summed E-state index contributed by atoms with van der Waals surface area (Å²) in [7, 11) is 0. The summed E-state index contributed by atoms with van der Waals surface area (Å²) in [6, 6.07) is 7.95. The number of carbonyl (C=O) groups excluding carboxylic acids is 1. The standard InChI is InChI=1S/C20H23N3O3S/c1-2-11-26-15-9-7-13(8-10-15)18-17-19(21-16(24)12-27-18)23(22-20(17)25)14-5-3-4-6-14/h2,7-10,14,18H,1,3-6,11-12H2,(H,21,24)(H,22,25)/t18-/m1/s1. The van der Waals surface area contributed by atoms with Crippen LogP contribution in [-0.2, 0) is 4.79 Å². The van der Waals surface area contributed by atoms with Crippen molar-refractivity contribution in [1.29, 1.82) is 0 Å². The van der Waals surface area contributed by atoms with Crippen LogP contribution >= 0.6 is 11.8 Å². The van der Waals surface area contributed by atoms with Gasteiger partial charge in [0, 0.05) is 0 Å². The minimum atomic E-state index is -0.196. The highest BCUT2D eigenvalue weighted by Gasteiger charge is 2.32. The Morgan fingerprint density at radius 1 is 1.22 bits per heavy atom. The third kappa shape index (κ3) is 3.56. The molecule has 7 heteroatoms. The third-order valence-corrected chi connectivity index (χ3v) is 6.37. The second-order valence-corrected chi connectivity index (χ2v) is 8.01. The molecule has 0 saturated heterocycles. The molecule has 1 aliphatic heterocycles. The van der Waals surface area contributed by atoms with E-state index in [0.717, 1.165) is 37.0 Å². The summed E-state index contributed by atoms with van der Waals surface area (Å²) in [6.07, 6.45) is 6.06. The van der Waals surface area contributed by atoms with Gasteiger partial charge in [0.15, 0.2) is 0 Å². The van der Waals surface area contributed by atoms with Gasteiger partial charge in [-0.2, -0.15) is 0 Å². The number of hydrogen-bond acceptors (Lipinski definition) is 4. The van der Waals surface area contributed by atoms with Crippen LogP contribution in [0.3, 0.4) is 0 Å². The quantitative estimate of drug-likeness (QED) is 0.771.